The number of benzene rings is 2. The van der Waals surface area contributed by atoms with Crippen LogP contribution in [0.25, 0.3) is 0 Å². The molecular weight excluding hydrogens is 378 g/mol. The molecule has 29 heavy (non-hydrogen) atoms. The summed E-state index contributed by atoms with van der Waals surface area (Å²) in [5.74, 6) is 2.54. The Morgan fingerprint density at radius 3 is 2.48 bits per heavy atom. The zero-order valence-corrected chi connectivity index (χ0v) is 18.9. The molecule has 0 aromatic heterocycles. The van der Waals surface area contributed by atoms with Crippen LogP contribution in [0.5, 0.6) is 5.75 Å². The van der Waals surface area contributed by atoms with Crippen molar-refractivity contribution in [1.82, 2.24) is 4.90 Å². The van der Waals surface area contributed by atoms with Crippen molar-refractivity contribution in [1.29, 1.82) is 0 Å². The van der Waals surface area contributed by atoms with E-state index < -0.39 is 0 Å². The maximum absolute atomic E-state index is 12.9. The van der Waals surface area contributed by atoms with Gasteiger partial charge in [-0.25, -0.2) is 0 Å². The number of amides is 1. The summed E-state index contributed by atoms with van der Waals surface area (Å²) in [4.78, 5) is 15.0. The largest absolute Gasteiger partial charge is 0.489 e. The van der Waals surface area contributed by atoms with Crippen LogP contribution in [0.2, 0.25) is 0 Å². The third-order valence-corrected chi connectivity index (χ3v) is 6.37. The summed E-state index contributed by atoms with van der Waals surface area (Å²) in [6.45, 7) is 10.3. The van der Waals surface area contributed by atoms with Gasteiger partial charge in [0.1, 0.15) is 17.7 Å². The molecular formula is C25H33NO2S. The lowest BCUT2D eigenvalue weighted by Gasteiger charge is -2.28. The molecule has 3 nitrogen and oxygen atoms in total. The fourth-order valence-electron chi connectivity index (χ4n) is 4.00. The van der Waals surface area contributed by atoms with Crippen LogP contribution in [0, 0.1) is 11.3 Å². The third-order valence-electron chi connectivity index (χ3n) is 5.11. The predicted molar refractivity (Wildman–Crippen MR) is 122 cm³/mol. The van der Waals surface area contributed by atoms with Gasteiger partial charge in [-0.15, -0.1) is 11.8 Å². The zero-order chi connectivity index (χ0) is 20.9. The van der Waals surface area contributed by atoms with Gasteiger partial charge < -0.3 is 9.64 Å². The Morgan fingerprint density at radius 2 is 1.83 bits per heavy atom. The lowest BCUT2D eigenvalue weighted by Crippen LogP contribution is -2.32. The lowest BCUT2D eigenvalue weighted by molar-refractivity contribution is -0.132. The summed E-state index contributed by atoms with van der Waals surface area (Å²) < 4.78 is 5.90. The highest BCUT2D eigenvalue weighted by Gasteiger charge is 2.31. The van der Waals surface area contributed by atoms with Gasteiger partial charge in [0.15, 0.2) is 0 Å². The van der Waals surface area contributed by atoms with Crippen molar-refractivity contribution in [3.05, 3.63) is 65.7 Å². The molecule has 1 aliphatic rings. The quantitative estimate of drug-likeness (QED) is 0.535. The fourth-order valence-corrected chi connectivity index (χ4v) is 5.28. The summed E-state index contributed by atoms with van der Waals surface area (Å²) in [6, 6.07) is 18.4. The molecule has 0 bridgehead atoms. The van der Waals surface area contributed by atoms with E-state index in [-0.39, 0.29) is 16.7 Å². The molecule has 0 spiro atoms. The Bertz CT molecular complexity index is 783. The maximum Gasteiger partial charge on any atom is 0.224 e. The number of hydrogen-bond donors (Lipinski definition) is 0. The number of hydrogen-bond acceptors (Lipinski definition) is 3. The Labute approximate surface area is 179 Å². The molecule has 3 rings (SSSR count). The zero-order valence-electron chi connectivity index (χ0n) is 18.1. The Kier molecular flexibility index (Phi) is 7.28. The summed E-state index contributed by atoms with van der Waals surface area (Å²) in [5.41, 5.74) is 2.59. The van der Waals surface area contributed by atoms with Gasteiger partial charge in [-0.05, 0) is 41.0 Å². The van der Waals surface area contributed by atoms with Crippen LogP contribution < -0.4 is 4.74 Å². The van der Waals surface area contributed by atoms with Crippen LogP contribution in [-0.4, -0.2) is 23.1 Å². The average molecular weight is 412 g/mol. The summed E-state index contributed by atoms with van der Waals surface area (Å²) in [7, 11) is 0. The van der Waals surface area contributed by atoms with E-state index in [0.29, 0.717) is 18.9 Å². The van der Waals surface area contributed by atoms with Crippen molar-refractivity contribution in [2.45, 2.75) is 52.5 Å². The monoisotopic (exact) mass is 411 g/mol. The van der Waals surface area contributed by atoms with Gasteiger partial charge in [-0.3, -0.25) is 4.79 Å². The first-order chi connectivity index (χ1) is 13.8. The molecule has 0 unspecified atom stereocenters. The minimum atomic E-state index is 0.118. The Morgan fingerprint density at radius 1 is 1.14 bits per heavy atom. The second-order valence-corrected chi connectivity index (χ2v) is 10.4. The van der Waals surface area contributed by atoms with Crippen molar-refractivity contribution in [3.8, 4) is 5.75 Å². The lowest BCUT2D eigenvalue weighted by atomic mass is 9.84. The highest BCUT2D eigenvalue weighted by molar-refractivity contribution is 7.99. The van der Waals surface area contributed by atoms with Gasteiger partial charge in [0, 0.05) is 18.7 Å². The molecule has 1 fully saturated rings. The SMILES string of the molecule is C[C@@H](CC(=O)N1CCS[C@H]1c1ccc(OCc2ccccc2)cc1)CC(C)(C)C. The highest BCUT2D eigenvalue weighted by Crippen LogP contribution is 2.39. The molecule has 0 N–H and O–H groups in total. The van der Waals surface area contributed by atoms with E-state index in [9.17, 15) is 4.79 Å². The molecule has 1 heterocycles. The van der Waals surface area contributed by atoms with Crippen molar-refractivity contribution in [2.75, 3.05) is 12.3 Å². The first-order valence-electron chi connectivity index (χ1n) is 10.5. The second-order valence-electron chi connectivity index (χ2n) is 9.23. The molecule has 2 aromatic carbocycles. The van der Waals surface area contributed by atoms with Crippen molar-refractivity contribution >= 4 is 17.7 Å². The number of ether oxygens (including phenoxy) is 1. The molecule has 0 saturated carbocycles. The number of rotatable bonds is 7. The van der Waals surface area contributed by atoms with Crippen molar-refractivity contribution in [3.63, 3.8) is 0 Å². The van der Waals surface area contributed by atoms with Gasteiger partial charge in [-0.2, -0.15) is 0 Å². The third kappa shape index (κ3) is 6.53. The summed E-state index contributed by atoms with van der Waals surface area (Å²) >= 11 is 1.85. The van der Waals surface area contributed by atoms with Gasteiger partial charge in [0.25, 0.3) is 0 Å². The minimum absolute atomic E-state index is 0.118. The Hall–Kier alpha value is -1.94. The van der Waals surface area contributed by atoms with E-state index in [4.69, 9.17) is 4.74 Å². The van der Waals surface area contributed by atoms with Gasteiger partial charge in [0.05, 0.1) is 0 Å². The molecule has 2 aromatic rings. The molecule has 0 radical (unpaired) electrons. The summed E-state index contributed by atoms with van der Waals surface area (Å²) in [6.07, 6.45) is 1.70. The van der Waals surface area contributed by atoms with E-state index in [0.717, 1.165) is 30.0 Å². The molecule has 0 aliphatic carbocycles. The van der Waals surface area contributed by atoms with Crippen LogP contribution in [0.1, 0.15) is 57.0 Å². The van der Waals surface area contributed by atoms with Crippen LogP contribution in [-0.2, 0) is 11.4 Å². The smallest absolute Gasteiger partial charge is 0.224 e. The van der Waals surface area contributed by atoms with E-state index in [1.54, 1.807) is 0 Å². The number of carbonyl (C=O) groups is 1. The average Bonchev–Trinajstić information content (AvgIpc) is 3.16. The topological polar surface area (TPSA) is 29.5 Å². The highest BCUT2D eigenvalue weighted by atomic mass is 32.2. The molecule has 4 heteroatoms. The number of carbonyl (C=O) groups excluding carboxylic acids is 1. The first kappa shape index (κ1) is 21.8. The van der Waals surface area contributed by atoms with Crippen LogP contribution in [0.15, 0.2) is 54.6 Å². The molecule has 156 valence electrons. The normalized spacial score (nSPS) is 17.9. The van der Waals surface area contributed by atoms with Crippen LogP contribution >= 0.6 is 11.8 Å². The van der Waals surface area contributed by atoms with Crippen LogP contribution in [0.4, 0.5) is 0 Å². The molecule has 1 amide bonds. The molecule has 1 saturated heterocycles. The van der Waals surface area contributed by atoms with Gasteiger partial charge in [-0.1, -0.05) is 70.2 Å². The van der Waals surface area contributed by atoms with Crippen molar-refractivity contribution in [2.24, 2.45) is 11.3 Å². The van der Waals surface area contributed by atoms with E-state index >= 15 is 0 Å². The van der Waals surface area contributed by atoms with Gasteiger partial charge in [0.2, 0.25) is 5.91 Å². The maximum atomic E-state index is 12.9. The molecule has 1 aliphatic heterocycles. The summed E-state index contributed by atoms with van der Waals surface area (Å²) in [5, 5.41) is 0.118. The fraction of sp³-hybridized carbons (Fsp3) is 0.480. The first-order valence-corrected chi connectivity index (χ1v) is 11.5. The van der Waals surface area contributed by atoms with E-state index in [2.05, 4.69) is 56.9 Å². The second kappa shape index (κ2) is 9.71. The standard InChI is InChI=1S/C25H33NO2S/c1-19(17-25(2,3)4)16-23(27)26-14-15-29-24(26)21-10-12-22(13-11-21)28-18-20-8-6-5-7-9-20/h5-13,19,24H,14-18H2,1-4H3/t19-,24-/m0/s1. The van der Waals surface area contributed by atoms with E-state index in [1.807, 2.05) is 42.1 Å². The number of nitrogens with zero attached hydrogens (tertiary/aromatic N) is 1. The predicted octanol–water partition coefficient (Wildman–Crippen LogP) is 6.30. The molecule has 2 atom stereocenters. The Balaban J connectivity index is 1.58. The minimum Gasteiger partial charge on any atom is -0.489 e. The van der Waals surface area contributed by atoms with E-state index in [1.165, 1.54) is 5.56 Å². The number of thioether (sulfide) groups is 1. The van der Waals surface area contributed by atoms with Gasteiger partial charge >= 0.3 is 0 Å². The van der Waals surface area contributed by atoms with Crippen molar-refractivity contribution < 1.29 is 9.53 Å². The van der Waals surface area contributed by atoms with Crippen LogP contribution in [0.3, 0.4) is 0 Å².